The average Bonchev–Trinajstić information content (AvgIpc) is 2.23. The fourth-order valence-corrected chi connectivity index (χ4v) is 2.70. The first-order valence-corrected chi connectivity index (χ1v) is 6.54. The second kappa shape index (κ2) is 5.04. The zero-order chi connectivity index (χ0) is 12.5. The van der Waals surface area contributed by atoms with Crippen LogP contribution in [0.3, 0.4) is 0 Å². The van der Waals surface area contributed by atoms with Gasteiger partial charge >= 0.3 is 0 Å². The number of ether oxygens (including phenoxy) is 1. The first-order valence-electron chi connectivity index (χ1n) is 5.74. The topological polar surface area (TPSA) is 29.5 Å². The zero-order valence-corrected chi connectivity index (χ0v) is 11.3. The number of hydrogen-bond donors (Lipinski definition) is 1. The number of benzene rings is 1. The summed E-state index contributed by atoms with van der Waals surface area (Å²) < 4.78 is 19.4. The summed E-state index contributed by atoms with van der Waals surface area (Å²) in [4.78, 5) is 0. The van der Waals surface area contributed by atoms with E-state index in [-0.39, 0.29) is 5.82 Å². The van der Waals surface area contributed by atoms with Gasteiger partial charge in [-0.25, -0.2) is 4.39 Å². The van der Waals surface area contributed by atoms with Crippen molar-refractivity contribution in [1.29, 1.82) is 0 Å². The third kappa shape index (κ3) is 2.54. The van der Waals surface area contributed by atoms with Crippen molar-refractivity contribution < 1.29 is 14.2 Å². The van der Waals surface area contributed by atoms with E-state index in [2.05, 4.69) is 15.9 Å². The van der Waals surface area contributed by atoms with E-state index >= 15 is 0 Å². The lowest BCUT2D eigenvalue weighted by molar-refractivity contribution is -0.148. The van der Waals surface area contributed by atoms with E-state index in [1.807, 2.05) is 0 Å². The standard InChI is InChI=1S/C13H16BrFO2/c1-17-13(5-2-6-13)12(16)8-9-7-10(15)3-4-11(9)14/h3-4,7,12,16H,2,5-6,8H2,1H3. The van der Waals surface area contributed by atoms with Gasteiger partial charge in [-0.1, -0.05) is 15.9 Å². The molecule has 1 saturated carbocycles. The summed E-state index contributed by atoms with van der Waals surface area (Å²) in [7, 11) is 1.63. The Morgan fingerprint density at radius 1 is 1.53 bits per heavy atom. The third-order valence-electron chi connectivity index (χ3n) is 3.63. The molecule has 94 valence electrons. The summed E-state index contributed by atoms with van der Waals surface area (Å²) >= 11 is 3.37. The van der Waals surface area contributed by atoms with Gasteiger partial charge in [0.05, 0.1) is 11.7 Å². The number of halogens is 2. The van der Waals surface area contributed by atoms with Crippen LogP contribution in [0.5, 0.6) is 0 Å². The first-order chi connectivity index (χ1) is 8.07. The van der Waals surface area contributed by atoms with Crippen molar-refractivity contribution in [2.24, 2.45) is 0 Å². The molecule has 1 aliphatic rings. The van der Waals surface area contributed by atoms with Gasteiger partial charge < -0.3 is 9.84 Å². The van der Waals surface area contributed by atoms with Gasteiger partial charge in [0.15, 0.2) is 0 Å². The Balaban J connectivity index is 2.12. The molecule has 1 unspecified atom stereocenters. The van der Waals surface area contributed by atoms with Gasteiger partial charge in [-0.3, -0.25) is 0 Å². The number of aliphatic hydroxyl groups is 1. The molecule has 1 atom stereocenters. The molecule has 1 fully saturated rings. The Labute approximate surface area is 109 Å². The van der Waals surface area contributed by atoms with Crippen molar-refractivity contribution >= 4 is 15.9 Å². The van der Waals surface area contributed by atoms with Crippen LogP contribution in [0.4, 0.5) is 4.39 Å². The van der Waals surface area contributed by atoms with E-state index in [0.29, 0.717) is 6.42 Å². The second-order valence-electron chi connectivity index (χ2n) is 4.58. The van der Waals surface area contributed by atoms with E-state index < -0.39 is 11.7 Å². The Hall–Kier alpha value is -0.450. The minimum atomic E-state index is -0.584. The van der Waals surface area contributed by atoms with Gasteiger partial charge in [0.1, 0.15) is 5.82 Å². The van der Waals surface area contributed by atoms with Crippen molar-refractivity contribution in [3.63, 3.8) is 0 Å². The van der Waals surface area contributed by atoms with E-state index in [1.165, 1.54) is 12.1 Å². The van der Waals surface area contributed by atoms with E-state index in [0.717, 1.165) is 29.3 Å². The van der Waals surface area contributed by atoms with Gasteiger partial charge in [0, 0.05) is 18.0 Å². The van der Waals surface area contributed by atoms with E-state index in [1.54, 1.807) is 13.2 Å². The molecular formula is C13H16BrFO2. The Morgan fingerprint density at radius 3 is 2.76 bits per heavy atom. The molecule has 2 nitrogen and oxygen atoms in total. The number of hydrogen-bond acceptors (Lipinski definition) is 2. The van der Waals surface area contributed by atoms with Crippen LogP contribution in [0.25, 0.3) is 0 Å². The highest BCUT2D eigenvalue weighted by atomic mass is 79.9. The Kier molecular flexibility index (Phi) is 3.85. The molecule has 0 aliphatic heterocycles. The molecule has 1 aromatic rings. The van der Waals surface area contributed by atoms with Gasteiger partial charge in [-0.2, -0.15) is 0 Å². The highest BCUT2D eigenvalue weighted by Gasteiger charge is 2.43. The lowest BCUT2D eigenvalue weighted by Crippen LogP contribution is -2.50. The van der Waals surface area contributed by atoms with Gasteiger partial charge in [0.25, 0.3) is 0 Å². The predicted molar refractivity (Wildman–Crippen MR) is 67.4 cm³/mol. The SMILES string of the molecule is COC1(C(O)Cc2cc(F)ccc2Br)CCC1. The summed E-state index contributed by atoms with van der Waals surface area (Å²) in [5.41, 5.74) is 0.354. The zero-order valence-electron chi connectivity index (χ0n) is 9.75. The molecule has 0 radical (unpaired) electrons. The molecule has 0 amide bonds. The molecule has 0 spiro atoms. The summed E-state index contributed by atoms with van der Waals surface area (Å²) in [5, 5.41) is 10.2. The Bertz CT molecular complexity index is 399. The van der Waals surface area contributed by atoms with Crippen molar-refractivity contribution in [3.05, 3.63) is 34.1 Å². The fraction of sp³-hybridized carbons (Fsp3) is 0.538. The van der Waals surface area contributed by atoms with Crippen LogP contribution in [0.1, 0.15) is 24.8 Å². The molecule has 1 aromatic carbocycles. The molecule has 1 aliphatic carbocycles. The fourth-order valence-electron chi connectivity index (χ4n) is 2.29. The molecule has 1 N–H and O–H groups in total. The number of rotatable bonds is 4. The predicted octanol–water partition coefficient (Wildman–Crippen LogP) is 3.06. The van der Waals surface area contributed by atoms with Crippen LogP contribution in [0, 0.1) is 5.82 Å². The maximum Gasteiger partial charge on any atom is 0.123 e. The molecule has 0 aromatic heterocycles. The molecule has 0 bridgehead atoms. The largest absolute Gasteiger partial charge is 0.390 e. The highest BCUT2D eigenvalue weighted by Crippen LogP contribution is 2.39. The lowest BCUT2D eigenvalue weighted by Gasteiger charge is -2.44. The van der Waals surface area contributed by atoms with Crippen LogP contribution in [-0.2, 0) is 11.2 Å². The van der Waals surface area contributed by atoms with Crippen molar-refractivity contribution in [1.82, 2.24) is 0 Å². The maximum absolute atomic E-state index is 13.1. The summed E-state index contributed by atoms with van der Waals surface area (Å²) in [5.74, 6) is -0.282. The van der Waals surface area contributed by atoms with E-state index in [9.17, 15) is 9.50 Å². The average molecular weight is 303 g/mol. The molecule has 2 rings (SSSR count). The first kappa shape index (κ1) is 13.0. The second-order valence-corrected chi connectivity index (χ2v) is 5.43. The molecular weight excluding hydrogens is 287 g/mol. The summed E-state index contributed by atoms with van der Waals surface area (Å²) in [6.45, 7) is 0. The third-order valence-corrected chi connectivity index (χ3v) is 4.41. The molecule has 0 saturated heterocycles. The smallest absolute Gasteiger partial charge is 0.123 e. The molecule has 17 heavy (non-hydrogen) atoms. The monoisotopic (exact) mass is 302 g/mol. The van der Waals surface area contributed by atoms with Crippen LogP contribution in [0.2, 0.25) is 0 Å². The minimum absolute atomic E-state index is 0.282. The summed E-state index contributed by atoms with van der Waals surface area (Å²) in [6.07, 6.45) is 2.65. The number of aliphatic hydroxyl groups excluding tert-OH is 1. The summed E-state index contributed by atoms with van der Waals surface area (Å²) in [6, 6.07) is 4.52. The minimum Gasteiger partial charge on any atom is -0.390 e. The van der Waals surface area contributed by atoms with Crippen molar-refractivity contribution in [2.45, 2.75) is 37.4 Å². The van der Waals surface area contributed by atoms with Crippen molar-refractivity contribution in [3.8, 4) is 0 Å². The Morgan fingerprint density at radius 2 is 2.24 bits per heavy atom. The highest BCUT2D eigenvalue weighted by molar-refractivity contribution is 9.10. The van der Waals surface area contributed by atoms with Gasteiger partial charge in [-0.15, -0.1) is 0 Å². The molecule has 0 heterocycles. The van der Waals surface area contributed by atoms with Gasteiger partial charge in [-0.05, 0) is 43.0 Å². The van der Waals surface area contributed by atoms with Crippen molar-refractivity contribution in [2.75, 3.05) is 7.11 Å². The van der Waals surface area contributed by atoms with Crippen LogP contribution in [0.15, 0.2) is 22.7 Å². The van der Waals surface area contributed by atoms with Gasteiger partial charge in [0.2, 0.25) is 0 Å². The van der Waals surface area contributed by atoms with Crippen LogP contribution < -0.4 is 0 Å². The maximum atomic E-state index is 13.1. The number of methoxy groups -OCH3 is 1. The quantitative estimate of drug-likeness (QED) is 0.926. The van der Waals surface area contributed by atoms with Crippen LogP contribution >= 0.6 is 15.9 Å². The van der Waals surface area contributed by atoms with Crippen LogP contribution in [-0.4, -0.2) is 23.9 Å². The normalized spacial score (nSPS) is 19.8. The lowest BCUT2D eigenvalue weighted by atomic mass is 9.74. The van der Waals surface area contributed by atoms with E-state index in [4.69, 9.17) is 4.74 Å². The molecule has 4 heteroatoms.